The number of nitrogens with zero attached hydrogens (tertiary/aromatic N) is 2. The molecule has 0 bridgehead atoms. The summed E-state index contributed by atoms with van der Waals surface area (Å²) in [6, 6.07) is 0. The molecule has 0 aliphatic carbocycles. The van der Waals surface area contributed by atoms with Crippen molar-refractivity contribution in [3.05, 3.63) is 0 Å². The highest BCUT2D eigenvalue weighted by Crippen LogP contribution is 2.16. The van der Waals surface area contributed by atoms with Crippen molar-refractivity contribution in [2.24, 2.45) is 4.99 Å². The smallest absolute Gasteiger partial charge is 0.193 e. The Hall–Kier alpha value is -0.780. The van der Waals surface area contributed by atoms with Crippen molar-refractivity contribution < 1.29 is 8.42 Å². The zero-order valence-electron chi connectivity index (χ0n) is 11.9. The summed E-state index contributed by atoms with van der Waals surface area (Å²) in [6.07, 6.45) is 3.63. The molecule has 0 radical (unpaired) electrons. The highest BCUT2D eigenvalue weighted by Gasteiger charge is 2.30. The van der Waals surface area contributed by atoms with E-state index in [9.17, 15) is 8.42 Å². The maximum Gasteiger partial charge on any atom is 0.193 e. The summed E-state index contributed by atoms with van der Waals surface area (Å²) in [5, 5.41) is 3.23. The van der Waals surface area contributed by atoms with E-state index in [-0.39, 0.29) is 0 Å². The minimum Gasteiger partial charge on any atom is -0.357 e. The molecule has 0 aromatic heterocycles. The van der Waals surface area contributed by atoms with Crippen LogP contribution in [-0.2, 0) is 9.84 Å². The SMILES string of the molecule is CCNC(=NCC(C)(C)S(C)(=O)=O)N1CCCC1. The first-order valence-electron chi connectivity index (χ1n) is 6.51. The van der Waals surface area contributed by atoms with Gasteiger partial charge in [0.1, 0.15) is 0 Å². The van der Waals surface area contributed by atoms with Crippen LogP contribution in [0.3, 0.4) is 0 Å². The molecule has 1 aliphatic rings. The van der Waals surface area contributed by atoms with Crippen LogP contribution in [0.4, 0.5) is 0 Å². The normalized spacial score (nSPS) is 18.2. The van der Waals surface area contributed by atoms with Gasteiger partial charge in [0.25, 0.3) is 0 Å². The fourth-order valence-electron chi connectivity index (χ4n) is 1.74. The molecule has 0 unspecified atom stereocenters. The van der Waals surface area contributed by atoms with E-state index in [2.05, 4.69) is 15.2 Å². The topological polar surface area (TPSA) is 61.8 Å². The summed E-state index contributed by atoms with van der Waals surface area (Å²) in [5.41, 5.74) is 0. The third-order valence-corrected chi connectivity index (χ3v) is 5.49. The molecule has 0 amide bonds. The summed E-state index contributed by atoms with van der Waals surface area (Å²) in [5.74, 6) is 0.840. The van der Waals surface area contributed by atoms with Crippen LogP contribution in [0.5, 0.6) is 0 Å². The lowest BCUT2D eigenvalue weighted by Gasteiger charge is -2.24. The monoisotopic (exact) mass is 275 g/mol. The van der Waals surface area contributed by atoms with E-state index in [0.717, 1.165) is 25.6 Å². The molecule has 0 spiro atoms. The molecule has 1 saturated heterocycles. The summed E-state index contributed by atoms with van der Waals surface area (Å²) in [7, 11) is -3.09. The summed E-state index contributed by atoms with van der Waals surface area (Å²) >= 11 is 0. The fraction of sp³-hybridized carbons (Fsp3) is 0.917. The molecule has 0 saturated carbocycles. The molecule has 5 nitrogen and oxygen atoms in total. The highest BCUT2D eigenvalue weighted by atomic mass is 32.2. The molecule has 1 heterocycles. The number of hydrogen-bond donors (Lipinski definition) is 1. The molecule has 0 atom stereocenters. The number of likely N-dealkylation sites (tertiary alicyclic amines) is 1. The first-order valence-corrected chi connectivity index (χ1v) is 8.40. The van der Waals surface area contributed by atoms with Gasteiger partial charge in [-0.3, -0.25) is 4.99 Å². The van der Waals surface area contributed by atoms with Gasteiger partial charge in [-0.15, -0.1) is 0 Å². The number of nitrogens with one attached hydrogen (secondary N) is 1. The molecule has 1 rings (SSSR count). The van der Waals surface area contributed by atoms with Crippen molar-refractivity contribution in [1.82, 2.24) is 10.2 Å². The first-order chi connectivity index (χ1) is 8.28. The van der Waals surface area contributed by atoms with Gasteiger partial charge in [-0.05, 0) is 33.6 Å². The first kappa shape index (κ1) is 15.3. The third-order valence-electron chi connectivity index (χ3n) is 3.35. The molecule has 6 heteroatoms. The van der Waals surface area contributed by atoms with Gasteiger partial charge in [-0.1, -0.05) is 0 Å². The molecule has 18 heavy (non-hydrogen) atoms. The van der Waals surface area contributed by atoms with Crippen molar-refractivity contribution in [1.29, 1.82) is 0 Å². The summed E-state index contributed by atoms with van der Waals surface area (Å²) in [6.45, 7) is 8.57. The number of hydrogen-bond acceptors (Lipinski definition) is 3. The quantitative estimate of drug-likeness (QED) is 0.611. The van der Waals surface area contributed by atoms with Crippen LogP contribution in [0, 0.1) is 0 Å². The van der Waals surface area contributed by atoms with E-state index in [4.69, 9.17) is 0 Å². The maximum atomic E-state index is 11.6. The standard InChI is InChI=1S/C12H25N3O2S/c1-5-13-11(15-8-6-7-9-15)14-10-12(2,3)18(4,16)17/h5-10H2,1-4H3,(H,13,14). The molecular weight excluding hydrogens is 250 g/mol. The molecule has 0 aromatic rings. The molecule has 1 fully saturated rings. The van der Waals surface area contributed by atoms with E-state index < -0.39 is 14.6 Å². The summed E-state index contributed by atoms with van der Waals surface area (Å²) < 4.78 is 22.5. The highest BCUT2D eigenvalue weighted by molar-refractivity contribution is 7.92. The zero-order valence-corrected chi connectivity index (χ0v) is 12.7. The Kier molecular flexibility index (Phi) is 5.01. The van der Waals surface area contributed by atoms with Gasteiger partial charge < -0.3 is 10.2 Å². The van der Waals surface area contributed by atoms with Crippen LogP contribution in [0.15, 0.2) is 4.99 Å². The van der Waals surface area contributed by atoms with Gasteiger partial charge in [0.2, 0.25) is 0 Å². The van der Waals surface area contributed by atoms with Crippen LogP contribution in [0.1, 0.15) is 33.6 Å². The van der Waals surface area contributed by atoms with Gasteiger partial charge in [0, 0.05) is 25.9 Å². The Bertz CT molecular complexity index is 396. The molecule has 1 aliphatic heterocycles. The fourth-order valence-corrected chi connectivity index (χ4v) is 2.04. The van der Waals surface area contributed by atoms with Crippen molar-refractivity contribution in [2.45, 2.75) is 38.4 Å². The van der Waals surface area contributed by atoms with Crippen molar-refractivity contribution in [2.75, 3.05) is 32.4 Å². The predicted octanol–water partition coefficient (Wildman–Crippen LogP) is 0.871. The minimum absolute atomic E-state index is 0.296. The molecule has 1 N–H and O–H groups in total. The number of sulfone groups is 1. The number of aliphatic imine (C=N–C) groups is 1. The predicted molar refractivity (Wildman–Crippen MR) is 75.7 cm³/mol. The van der Waals surface area contributed by atoms with Gasteiger partial charge in [0.05, 0.1) is 11.3 Å². The minimum atomic E-state index is -3.09. The van der Waals surface area contributed by atoms with Crippen molar-refractivity contribution >= 4 is 15.8 Å². The molecular formula is C12H25N3O2S. The third kappa shape index (κ3) is 3.86. The second-order valence-electron chi connectivity index (χ2n) is 5.40. The lowest BCUT2D eigenvalue weighted by molar-refractivity contribution is 0.489. The van der Waals surface area contributed by atoms with Crippen LogP contribution in [0.2, 0.25) is 0 Å². The van der Waals surface area contributed by atoms with Crippen LogP contribution >= 0.6 is 0 Å². The van der Waals surface area contributed by atoms with Crippen LogP contribution in [0.25, 0.3) is 0 Å². The van der Waals surface area contributed by atoms with Crippen molar-refractivity contribution in [3.8, 4) is 0 Å². The average Bonchev–Trinajstić information content (AvgIpc) is 2.75. The Morgan fingerprint density at radius 3 is 2.33 bits per heavy atom. The van der Waals surface area contributed by atoms with Gasteiger partial charge in [-0.2, -0.15) is 0 Å². The Balaban J connectivity index is 2.77. The average molecular weight is 275 g/mol. The Morgan fingerprint density at radius 1 is 1.33 bits per heavy atom. The van der Waals surface area contributed by atoms with E-state index in [1.54, 1.807) is 13.8 Å². The van der Waals surface area contributed by atoms with E-state index in [1.165, 1.54) is 19.1 Å². The Labute approximate surface area is 111 Å². The summed E-state index contributed by atoms with van der Waals surface area (Å²) in [4.78, 5) is 6.68. The maximum absolute atomic E-state index is 11.6. The van der Waals surface area contributed by atoms with Gasteiger partial charge >= 0.3 is 0 Å². The zero-order chi connectivity index (χ0) is 13.8. The van der Waals surface area contributed by atoms with Gasteiger partial charge in [-0.25, -0.2) is 8.42 Å². The molecule has 0 aromatic carbocycles. The largest absolute Gasteiger partial charge is 0.357 e. The van der Waals surface area contributed by atoms with E-state index in [1.807, 2.05) is 6.92 Å². The van der Waals surface area contributed by atoms with E-state index in [0.29, 0.717) is 6.54 Å². The number of rotatable bonds is 4. The second kappa shape index (κ2) is 5.91. The molecule has 106 valence electrons. The second-order valence-corrected chi connectivity index (χ2v) is 8.05. The van der Waals surface area contributed by atoms with E-state index >= 15 is 0 Å². The Morgan fingerprint density at radius 2 is 1.89 bits per heavy atom. The van der Waals surface area contributed by atoms with Crippen LogP contribution in [-0.4, -0.2) is 56.5 Å². The lowest BCUT2D eigenvalue weighted by atomic mass is 10.2. The van der Waals surface area contributed by atoms with Crippen LogP contribution < -0.4 is 5.32 Å². The number of guanidine groups is 1. The van der Waals surface area contributed by atoms with Gasteiger partial charge in [0.15, 0.2) is 15.8 Å². The van der Waals surface area contributed by atoms with Crippen molar-refractivity contribution in [3.63, 3.8) is 0 Å². The lowest BCUT2D eigenvalue weighted by Crippen LogP contribution is -2.42.